The SMILES string of the molecule is CC1CCC(CN)CN1C(=O)c1cc(Cl)cn1C(C)C. The molecule has 4 nitrogen and oxygen atoms in total. The number of piperidine rings is 1. The van der Waals surface area contributed by atoms with Crippen LogP contribution < -0.4 is 5.73 Å². The molecular weight excluding hydrogens is 274 g/mol. The third kappa shape index (κ3) is 3.01. The van der Waals surface area contributed by atoms with E-state index < -0.39 is 0 Å². The van der Waals surface area contributed by atoms with Gasteiger partial charge in [0.15, 0.2) is 0 Å². The molecule has 0 aliphatic carbocycles. The normalized spacial score (nSPS) is 23.4. The van der Waals surface area contributed by atoms with Gasteiger partial charge in [0, 0.05) is 24.8 Å². The molecule has 1 aliphatic heterocycles. The summed E-state index contributed by atoms with van der Waals surface area (Å²) in [5.41, 5.74) is 6.44. The highest BCUT2D eigenvalue weighted by Crippen LogP contribution is 2.26. The van der Waals surface area contributed by atoms with Crippen molar-refractivity contribution in [3.8, 4) is 0 Å². The van der Waals surface area contributed by atoms with Crippen molar-refractivity contribution < 1.29 is 4.79 Å². The van der Waals surface area contributed by atoms with Gasteiger partial charge < -0.3 is 15.2 Å². The molecule has 20 heavy (non-hydrogen) atoms. The number of carbonyl (C=O) groups excluding carboxylic acids is 1. The highest BCUT2D eigenvalue weighted by atomic mass is 35.5. The van der Waals surface area contributed by atoms with Gasteiger partial charge in [0.05, 0.1) is 5.02 Å². The van der Waals surface area contributed by atoms with Gasteiger partial charge in [-0.15, -0.1) is 0 Å². The Kier molecular flexibility index (Phi) is 4.76. The molecule has 1 fully saturated rings. The number of hydrogen-bond acceptors (Lipinski definition) is 2. The third-order valence-corrected chi connectivity index (χ3v) is 4.37. The zero-order chi connectivity index (χ0) is 14.9. The number of nitrogens with zero attached hydrogens (tertiary/aromatic N) is 2. The Morgan fingerprint density at radius 1 is 1.50 bits per heavy atom. The number of carbonyl (C=O) groups is 1. The van der Waals surface area contributed by atoms with Gasteiger partial charge in [0.1, 0.15) is 5.69 Å². The van der Waals surface area contributed by atoms with E-state index in [2.05, 4.69) is 20.8 Å². The van der Waals surface area contributed by atoms with E-state index in [9.17, 15) is 4.79 Å². The molecule has 1 saturated heterocycles. The number of aromatic nitrogens is 1. The first-order valence-corrected chi connectivity index (χ1v) is 7.70. The summed E-state index contributed by atoms with van der Waals surface area (Å²) in [6, 6.07) is 2.24. The van der Waals surface area contributed by atoms with E-state index in [-0.39, 0.29) is 18.0 Å². The maximum Gasteiger partial charge on any atom is 0.270 e. The molecule has 2 heterocycles. The average molecular weight is 298 g/mol. The maximum atomic E-state index is 12.8. The van der Waals surface area contributed by atoms with E-state index in [1.807, 2.05) is 15.7 Å². The maximum absolute atomic E-state index is 12.8. The van der Waals surface area contributed by atoms with Crippen LogP contribution in [0.25, 0.3) is 0 Å². The molecule has 1 amide bonds. The number of halogens is 1. The minimum absolute atomic E-state index is 0.0660. The molecule has 0 aromatic carbocycles. The highest BCUT2D eigenvalue weighted by Gasteiger charge is 2.30. The van der Waals surface area contributed by atoms with Crippen LogP contribution in [0.2, 0.25) is 5.02 Å². The summed E-state index contributed by atoms with van der Waals surface area (Å²) in [6.07, 6.45) is 3.95. The van der Waals surface area contributed by atoms with E-state index in [0.29, 0.717) is 23.2 Å². The summed E-state index contributed by atoms with van der Waals surface area (Å²) in [5, 5.41) is 0.613. The minimum atomic E-state index is 0.0660. The molecule has 2 atom stereocenters. The van der Waals surface area contributed by atoms with Crippen molar-refractivity contribution in [3.05, 3.63) is 23.0 Å². The minimum Gasteiger partial charge on any atom is -0.339 e. The number of amides is 1. The van der Waals surface area contributed by atoms with E-state index in [1.165, 1.54) is 0 Å². The predicted molar refractivity (Wildman–Crippen MR) is 82.1 cm³/mol. The molecule has 5 heteroatoms. The van der Waals surface area contributed by atoms with Gasteiger partial charge in [-0.2, -0.15) is 0 Å². The van der Waals surface area contributed by atoms with Gasteiger partial charge >= 0.3 is 0 Å². The second kappa shape index (κ2) is 6.19. The summed E-state index contributed by atoms with van der Waals surface area (Å²) >= 11 is 6.07. The quantitative estimate of drug-likeness (QED) is 0.932. The van der Waals surface area contributed by atoms with E-state index in [4.69, 9.17) is 17.3 Å². The number of hydrogen-bond donors (Lipinski definition) is 1. The summed E-state index contributed by atoms with van der Waals surface area (Å²) in [7, 11) is 0. The molecule has 1 aromatic rings. The molecule has 1 aromatic heterocycles. The van der Waals surface area contributed by atoms with Crippen LogP contribution in [0.5, 0.6) is 0 Å². The summed E-state index contributed by atoms with van der Waals surface area (Å²) in [4.78, 5) is 14.8. The van der Waals surface area contributed by atoms with Crippen molar-refractivity contribution in [2.24, 2.45) is 11.7 Å². The first kappa shape index (κ1) is 15.4. The Morgan fingerprint density at radius 3 is 2.80 bits per heavy atom. The van der Waals surface area contributed by atoms with Crippen molar-refractivity contribution in [2.45, 2.75) is 45.7 Å². The first-order valence-electron chi connectivity index (χ1n) is 7.32. The predicted octanol–water partition coefficient (Wildman–Crippen LogP) is 2.92. The summed E-state index contributed by atoms with van der Waals surface area (Å²) in [6.45, 7) is 7.60. The van der Waals surface area contributed by atoms with Crippen molar-refractivity contribution in [1.29, 1.82) is 0 Å². The number of rotatable bonds is 3. The van der Waals surface area contributed by atoms with Gasteiger partial charge in [-0.25, -0.2) is 0 Å². The monoisotopic (exact) mass is 297 g/mol. The van der Waals surface area contributed by atoms with Crippen molar-refractivity contribution in [3.63, 3.8) is 0 Å². The zero-order valence-corrected chi connectivity index (χ0v) is 13.2. The van der Waals surface area contributed by atoms with E-state index in [0.717, 1.165) is 19.4 Å². The van der Waals surface area contributed by atoms with Crippen LogP contribution in [0.3, 0.4) is 0 Å². The van der Waals surface area contributed by atoms with Crippen molar-refractivity contribution in [1.82, 2.24) is 9.47 Å². The van der Waals surface area contributed by atoms with Crippen LogP contribution in [0.15, 0.2) is 12.3 Å². The Bertz CT molecular complexity index is 483. The van der Waals surface area contributed by atoms with E-state index in [1.54, 1.807) is 6.07 Å². The second-order valence-corrected chi connectivity index (χ2v) is 6.47. The fourth-order valence-corrected chi connectivity index (χ4v) is 3.06. The Labute approximate surface area is 125 Å². The molecule has 2 unspecified atom stereocenters. The second-order valence-electron chi connectivity index (χ2n) is 6.03. The fourth-order valence-electron chi connectivity index (χ4n) is 2.85. The molecule has 1 aliphatic rings. The average Bonchev–Trinajstić information content (AvgIpc) is 2.81. The van der Waals surface area contributed by atoms with Gasteiger partial charge in [0.2, 0.25) is 0 Å². The lowest BCUT2D eigenvalue weighted by molar-refractivity contribution is 0.0554. The molecule has 0 saturated carbocycles. The zero-order valence-electron chi connectivity index (χ0n) is 12.5. The Hall–Kier alpha value is -1.00. The van der Waals surface area contributed by atoms with Crippen LogP contribution in [0, 0.1) is 5.92 Å². The van der Waals surface area contributed by atoms with Crippen LogP contribution in [-0.2, 0) is 0 Å². The summed E-state index contributed by atoms with van der Waals surface area (Å²) < 4.78 is 1.95. The lowest BCUT2D eigenvalue weighted by atomic mass is 9.93. The van der Waals surface area contributed by atoms with Crippen LogP contribution in [0.1, 0.15) is 50.1 Å². The number of nitrogens with two attached hydrogens (primary N) is 1. The lowest BCUT2D eigenvalue weighted by Crippen LogP contribution is -2.47. The first-order chi connectivity index (χ1) is 9.43. The summed E-state index contributed by atoms with van der Waals surface area (Å²) in [5.74, 6) is 0.476. The molecule has 2 rings (SSSR count). The van der Waals surface area contributed by atoms with Gasteiger partial charge in [0.25, 0.3) is 5.91 Å². The molecule has 2 N–H and O–H groups in total. The number of likely N-dealkylation sites (tertiary alicyclic amines) is 1. The van der Waals surface area contributed by atoms with Crippen molar-refractivity contribution >= 4 is 17.5 Å². The topological polar surface area (TPSA) is 51.3 Å². The van der Waals surface area contributed by atoms with E-state index >= 15 is 0 Å². The lowest BCUT2D eigenvalue weighted by Gasteiger charge is -2.38. The standard InChI is InChI=1S/C15H24ClN3O/c1-10(2)18-9-13(16)6-14(18)15(20)19-8-12(7-17)5-4-11(19)3/h6,9-12H,4-5,7-8,17H2,1-3H3. The Balaban J connectivity index is 2.25. The Morgan fingerprint density at radius 2 is 2.20 bits per heavy atom. The molecule has 0 bridgehead atoms. The fraction of sp³-hybridized carbons (Fsp3) is 0.667. The van der Waals surface area contributed by atoms with Crippen molar-refractivity contribution in [2.75, 3.05) is 13.1 Å². The van der Waals surface area contributed by atoms with Gasteiger partial charge in [-0.1, -0.05) is 11.6 Å². The van der Waals surface area contributed by atoms with Crippen LogP contribution in [0.4, 0.5) is 0 Å². The third-order valence-electron chi connectivity index (χ3n) is 4.16. The smallest absolute Gasteiger partial charge is 0.270 e. The largest absolute Gasteiger partial charge is 0.339 e. The highest BCUT2D eigenvalue weighted by molar-refractivity contribution is 6.31. The molecule has 0 radical (unpaired) electrons. The molecular formula is C15H24ClN3O. The van der Waals surface area contributed by atoms with Crippen LogP contribution in [-0.4, -0.2) is 34.5 Å². The molecule has 0 spiro atoms. The van der Waals surface area contributed by atoms with Crippen LogP contribution >= 0.6 is 11.6 Å². The van der Waals surface area contributed by atoms with Gasteiger partial charge in [-0.05, 0) is 52.1 Å². The van der Waals surface area contributed by atoms with Gasteiger partial charge in [-0.3, -0.25) is 4.79 Å². The molecule has 112 valence electrons.